The molecule has 0 fully saturated rings. The summed E-state index contributed by atoms with van der Waals surface area (Å²) in [6, 6.07) is 26.0. The number of rotatable bonds is 4. The SMILES string of the molecule is O=C(Nc1ccc(S(=O)(=O)Nc2ccccn2)cc1)N1c2ccccc2Sc2ccccc21. The number of amides is 2. The number of nitrogens with one attached hydrogen (secondary N) is 2. The molecule has 1 aromatic heterocycles. The Morgan fingerprint density at radius 3 is 2.00 bits per heavy atom. The van der Waals surface area contributed by atoms with Crippen molar-refractivity contribution in [1.29, 1.82) is 0 Å². The highest BCUT2D eigenvalue weighted by Crippen LogP contribution is 2.48. The monoisotopic (exact) mass is 474 g/mol. The molecule has 2 amide bonds. The van der Waals surface area contributed by atoms with Crippen molar-refractivity contribution in [2.45, 2.75) is 14.7 Å². The number of para-hydroxylation sites is 2. The van der Waals surface area contributed by atoms with E-state index in [4.69, 9.17) is 0 Å². The van der Waals surface area contributed by atoms with Crippen LogP contribution in [-0.2, 0) is 10.0 Å². The van der Waals surface area contributed by atoms with Crippen molar-refractivity contribution in [2.75, 3.05) is 14.9 Å². The van der Waals surface area contributed by atoms with Gasteiger partial charge < -0.3 is 5.32 Å². The van der Waals surface area contributed by atoms with Crippen LogP contribution in [0.15, 0.2) is 112 Å². The van der Waals surface area contributed by atoms with E-state index in [1.807, 2.05) is 48.5 Å². The van der Waals surface area contributed by atoms with Crippen LogP contribution in [-0.4, -0.2) is 19.4 Å². The molecule has 2 N–H and O–H groups in total. The van der Waals surface area contributed by atoms with Crippen molar-refractivity contribution < 1.29 is 13.2 Å². The maximum absolute atomic E-state index is 13.3. The molecule has 4 aromatic rings. The quantitative estimate of drug-likeness (QED) is 0.395. The average molecular weight is 475 g/mol. The van der Waals surface area contributed by atoms with E-state index in [9.17, 15) is 13.2 Å². The predicted molar refractivity (Wildman–Crippen MR) is 130 cm³/mol. The van der Waals surface area contributed by atoms with Gasteiger partial charge in [0.05, 0.1) is 16.3 Å². The number of pyridine rings is 1. The highest BCUT2D eigenvalue weighted by atomic mass is 32.2. The number of carbonyl (C=O) groups is 1. The Labute approximate surface area is 195 Å². The van der Waals surface area contributed by atoms with E-state index in [-0.39, 0.29) is 16.7 Å². The van der Waals surface area contributed by atoms with Gasteiger partial charge in [0, 0.05) is 21.7 Å². The molecule has 33 heavy (non-hydrogen) atoms. The Hall–Kier alpha value is -3.82. The van der Waals surface area contributed by atoms with Gasteiger partial charge in [-0.1, -0.05) is 42.1 Å². The molecule has 164 valence electrons. The zero-order valence-corrected chi connectivity index (χ0v) is 18.8. The van der Waals surface area contributed by atoms with Gasteiger partial charge in [-0.3, -0.25) is 9.62 Å². The highest BCUT2D eigenvalue weighted by Gasteiger charge is 2.28. The van der Waals surface area contributed by atoms with Crippen LogP contribution in [0, 0.1) is 0 Å². The summed E-state index contributed by atoms with van der Waals surface area (Å²) in [7, 11) is -3.80. The second-order valence-electron chi connectivity index (χ2n) is 7.15. The standard InChI is InChI=1S/C24H18N4O3S2/c29-24(28-19-7-1-3-9-21(19)32-22-10-4-2-8-20(22)28)26-17-12-14-18(15-13-17)33(30,31)27-23-11-5-6-16-25-23/h1-16H,(H,25,27)(H,26,29). The van der Waals surface area contributed by atoms with Gasteiger partial charge in [-0.05, 0) is 60.7 Å². The molecule has 0 atom stereocenters. The van der Waals surface area contributed by atoms with E-state index in [2.05, 4.69) is 15.0 Å². The summed E-state index contributed by atoms with van der Waals surface area (Å²) in [5, 5.41) is 2.87. The van der Waals surface area contributed by atoms with E-state index < -0.39 is 10.0 Å². The first kappa shape index (κ1) is 21.0. The lowest BCUT2D eigenvalue weighted by molar-refractivity contribution is 0.259. The van der Waals surface area contributed by atoms with Gasteiger partial charge in [0.15, 0.2) is 0 Å². The fraction of sp³-hybridized carbons (Fsp3) is 0. The number of hydrogen-bond donors (Lipinski definition) is 2. The second kappa shape index (κ2) is 8.61. The minimum Gasteiger partial charge on any atom is -0.307 e. The zero-order chi connectivity index (χ0) is 22.8. The van der Waals surface area contributed by atoms with E-state index in [1.165, 1.54) is 18.3 Å². The third kappa shape index (κ3) is 4.28. The third-order valence-electron chi connectivity index (χ3n) is 4.96. The van der Waals surface area contributed by atoms with Gasteiger partial charge in [0.25, 0.3) is 10.0 Å². The van der Waals surface area contributed by atoms with Crippen LogP contribution in [0.3, 0.4) is 0 Å². The van der Waals surface area contributed by atoms with Crippen LogP contribution in [0.5, 0.6) is 0 Å². The molecule has 1 aliphatic rings. The fourth-order valence-electron chi connectivity index (χ4n) is 3.44. The summed E-state index contributed by atoms with van der Waals surface area (Å²) < 4.78 is 27.6. The third-order valence-corrected chi connectivity index (χ3v) is 7.46. The van der Waals surface area contributed by atoms with E-state index >= 15 is 0 Å². The maximum Gasteiger partial charge on any atom is 0.331 e. The molecule has 0 unspecified atom stereocenters. The summed E-state index contributed by atoms with van der Waals surface area (Å²) in [6.45, 7) is 0. The molecule has 1 aliphatic heterocycles. The largest absolute Gasteiger partial charge is 0.331 e. The number of urea groups is 1. The summed E-state index contributed by atoms with van der Waals surface area (Å²) >= 11 is 1.61. The predicted octanol–water partition coefficient (Wildman–Crippen LogP) is 5.72. The first-order chi connectivity index (χ1) is 16.0. The Kier molecular flexibility index (Phi) is 5.49. The zero-order valence-electron chi connectivity index (χ0n) is 17.2. The molecule has 5 rings (SSSR count). The lowest BCUT2D eigenvalue weighted by atomic mass is 10.2. The molecule has 0 spiro atoms. The molecular formula is C24H18N4O3S2. The van der Waals surface area contributed by atoms with Gasteiger partial charge in [-0.25, -0.2) is 18.2 Å². The Bertz CT molecular complexity index is 1380. The average Bonchev–Trinajstić information content (AvgIpc) is 2.83. The highest BCUT2D eigenvalue weighted by molar-refractivity contribution is 7.99. The summed E-state index contributed by atoms with van der Waals surface area (Å²) in [5.74, 6) is 0.232. The number of carbonyl (C=O) groups excluding carboxylic acids is 1. The number of nitrogens with zero attached hydrogens (tertiary/aromatic N) is 2. The molecule has 0 saturated heterocycles. The normalized spacial score (nSPS) is 12.4. The van der Waals surface area contributed by atoms with Gasteiger partial charge >= 0.3 is 6.03 Å². The van der Waals surface area contributed by atoms with Gasteiger partial charge in [0.2, 0.25) is 0 Å². The van der Waals surface area contributed by atoms with Crippen molar-refractivity contribution >= 4 is 50.7 Å². The van der Waals surface area contributed by atoms with Crippen LogP contribution in [0.4, 0.5) is 27.7 Å². The number of aromatic nitrogens is 1. The first-order valence-corrected chi connectivity index (χ1v) is 12.3. The molecule has 0 aliphatic carbocycles. The number of hydrogen-bond acceptors (Lipinski definition) is 5. The molecule has 3 aromatic carbocycles. The number of benzene rings is 3. The fourth-order valence-corrected chi connectivity index (χ4v) is 5.51. The van der Waals surface area contributed by atoms with Crippen molar-refractivity contribution in [3.8, 4) is 0 Å². The van der Waals surface area contributed by atoms with Crippen molar-refractivity contribution in [2.24, 2.45) is 0 Å². The molecule has 9 heteroatoms. The lowest BCUT2D eigenvalue weighted by Gasteiger charge is -2.31. The summed E-state index contributed by atoms with van der Waals surface area (Å²) in [5.41, 5.74) is 2.06. The van der Waals surface area contributed by atoms with Gasteiger partial charge in [-0.2, -0.15) is 0 Å². The van der Waals surface area contributed by atoms with Gasteiger partial charge in [0.1, 0.15) is 5.82 Å². The van der Waals surface area contributed by atoms with Crippen LogP contribution < -0.4 is 14.9 Å². The van der Waals surface area contributed by atoms with Crippen molar-refractivity contribution in [3.05, 3.63) is 97.2 Å². The van der Waals surface area contributed by atoms with E-state index in [0.717, 1.165) is 21.2 Å². The van der Waals surface area contributed by atoms with E-state index in [1.54, 1.807) is 47.0 Å². The maximum atomic E-state index is 13.3. The molecule has 0 radical (unpaired) electrons. The molecule has 0 bridgehead atoms. The minimum absolute atomic E-state index is 0.0659. The Balaban J connectivity index is 1.38. The number of sulfonamides is 1. The Morgan fingerprint density at radius 1 is 0.788 bits per heavy atom. The lowest BCUT2D eigenvalue weighted by Crippen LogP contribution is -2.32. The summed E-state index contributed by atoms with van der Waals surface area (Å²) in [4.78, 5) is 20.9. The van der Waals surface area contributed by atoms with Crippen LogP contribution in [0.25, 0.3) is 0 Å². The van der Waals surface area contributed by atoms with E-state index in [0.29, 0.717) is 5.69 Å². The molecular weight excluding hydrogens is 456 g/mol. The molecule has 0 saturated carbocycles. The van der Waals surface area contributed by atoms with Crippen LogP contribution in [0.2, 0.25) is 0 Å². The smallest absolute Gasteiger partial charge is 0.307 e. The van der Waals surface area contributed by atoms with Gasteiger partial charge in [-0.15, -0.1) is 0 Å². The topological polar surface area (TPSA) is 91.4 Å². The van der Waals surface area contributed by atoms with Crippen molar-refractivity contribution in [3.63, 3.8) is 0 Å². The van der Waals surface area contributed by atoms with Crippen LogP contribution >= 0.6 is 11.8 Å². The summed E-state index contributed by atoms with van der Waals surface area (Å²) in [6.07, 6.45) is 1.51. The molecule has 2 heterocycles. The second-order valence-corrected chi connectivity index (χ2v) is 9.91. The number of anilines is 4. The van der Waals surface area contributed by atoms with Crippen molar-refractivity contribution in [1.82, 2.24) is 4.98 Å². The number of fused-ring (bicyclic) bond motifs is 2. The molecule has 7 nitrogen and oxygen atoms in total. The first-order valence-electron chi connectivity index (χ1n) is 10.0. The van der Waals surface area contributed by atoms with Crippen LogP contribution in [0.1, 0.15) is 0 Å². The minimum atomic E-state index is -3.80. The Morgan fingerprint density at radius 2 is 1.39 bits per heavy atom.